The van der Waals surface area contributed by atoms with Crippen molar-refractivity contribution in [2.24, 2.45) is 0 Å². The number of aromatic nitrogens is 1. The quantitative estimate of drug-likeness (QED) is 0.518. The molecule has 1 heterocycles. The zero-order valence-corrected chi connectivity index (χ0v) is 17.3. The number of methoxy groups -OCH3 is 1. The minimum Gasteiger partial charge on any atom is -0.466 e. The van der Waals surface area contributed by atoms with Crippen LogP contribution in [0.3, 0.4) is 0 Å². The minimum absolute atomic E-state index is 0.387. The lowest BCUT2D eigenvalue weighted by Gasteiger charge is -2.17. The second-order valence-electron chi connectivity index (χ2n) is 7.62. The van der Waals surface area contributed by atoms with Gasteiger partial charge in [0.2, 0.25) is 0 Å². The number of rotatable bonds is 7. The summed E-state index contributed by atoms with van der Waals surface area (Å²) in [5.74, 6) is -0.774. The molecule has 2 aromatic rings. The van der Waals surface area contributed by atoms with Gasteiger partial charge in [0.25, 0.3) is 0 Å². The molecule has 0 saturated carbocycles. The molecule has 2 rings (SSSR count). The predicted molar refractivity (Wildman–Crippen MR) is 113 cm³/mol. The fourth-order valence-electron chi connectivity index (χ4n) is 2.71. The third kappa shape index (κ3) is 8.56. The van der Waals surface area contributed by atoms with Crippen molar-refractivity contribution in [3.8, 4) is 0 Å². The number of carbonyl (C=O) groups is 2. The van der Waals surface area contributed by atoms with Gasteiger partial charge < -0.3 is 9.47 Å². The molecule has 0 aliphatic heterocycles. The summed E-state index contributed by atoms with van der Waals surface area (Å²) in [6, 6.07) is 10.0. The van der Waals surface area contributed by atoms with Crippen LogP contribution in [0.2, 0.25) is 0 Å². The molecule has 0 amide bonds. The van der Waals surface area contributed by atoms with Gasteiger partial charge >= 0.3 is 11.9 Å². The zero-order valence-electron chi connectivity index (χ0n) is 17.3. The number of hydrogen-bond acceptors (Lipinski definition) is 5. The van der Waals surface area contributed by atoms with Crippen LogP contribution in [-0.2, 0) is 31.9 Å². The van der Waals surface area contributed by atoms with Gasteiger partial charge in [0.15, 0.2) is 0 Å². The largest absolute Gasteiger partial charge is 0.466 e. The molecular formula is C24H27NO4. The average molecular weight is 393 g/mol. The van der Waals surface area contributed by atoms with E-state index in [1.165, 1.54) is 19.3 Å². The Kier molecular flexibility index (Phi) is 7.89. The molecule has 0 radical (unpaired) electrons. The van der Waals surface area contributed by atoms with Crippen molar-refractivity contribution in [2.75, 3.05) is 7.11 Å². The van der Waals surface area contributed by atoms with Crippen LogP contribution in [0.1, 0.15) is 43.0 Å². The maximum atomic E-state index is 12.0. The van der Waals surface area contributed by atoms with Gasteiger partial charge in [0.05, 0.1) is 7.11 Å². The molecule has 5 heteroatoms. The molecule has 0 aliphatic rings. The molecule has 0 saturated heterocycles. The lowest BCUT2D eigenvalue weighted by Crippen LogP contribution is -2.22. The minimum atomic E-state index is -0.534. The molecule has 29 heavy (non-hydrogen) atoms. The molecule has 152 valence electrons. The van der Waals surface area contributed by atoms with Crippen molar-refractivity contribution in [1.82, 2.24) is 4.98 Å². The SMILES string of the molecule is COC(=O)C=CCc1cc(/C=C/C(=O)OC(C)(C)C)cc(Cc2cccnc2)c1. The second-order valence-corrected chi connectivity index (χ2v) is 7.62. The lowest BCUT2D eigenvalue weighted by molar-refractivity contribution is -0.148. The highest BCUT2D eigenvalue weighted by Crippen LogP contribution is 2.17. The summed E-state index contributed by atoms with van der Waals surface area (Å²) in [7, 11) is 1.35. The van der Waals surface area contributed by atoms with E-state index in [2.05, 4.69) is 15.8 Å². The van der Waals surface area contributed by atoms with Gasteiger partial charge in [-0.3, -0.25) is 4.98 Å². The molecule has 0 spiro atoms. The molecule has 0 atom stereocenters. The topological polar surface area (TPSA) is 65.5 Å². The summed E-state index contributed by atoms with van der Waals surface area (Å²) in [5.41, 5.74) is 3.56. The molecule has 1 aromatic carbocycles. The first-order chi connectivity index (χ1) is 13.7. The van der Waals surface area contributed by atoms with E-state index in [1.807, 2.05) is 51.2 Å². The summed E-state index contributed by atoms with van der Waals surface area (Å²) in [6.45, 7) is 5.50. The van der Waals surface area contributed by atoms with Crippen molar-refractivity contribution in [3.05, 3.63) is 83.2 Å². The first-order valence-corrected chi connectivity index (χ1v) is 9.42. The van der Waals surface area contributed by atoms with Gasteiger partial charge in [0.1, 0.15) is 5.60 Å². The van der Waals surface area contributed by atoms with Gasteiger partial charge in [-0.05, 0) is 68.0 Å². The van der Waals surface area contributed by atoms with Crippen molar-refractivity contribution in [1.29, 1.82) is 0 Å². The molecule has 0 fully saturated rings. The summed E-state index contributed by atoms with van der Waals surface area (Å²) in [5, 5.41) is 0. The highest BCUT2D eigenvalue weighted by Gasteiger charge is 2.13. The first-order valence-electron chi connectivity index (χ1n) is 9.42. The van der Waals surface area contributed by atoms with Crippen molar-refractivity contribution in [3.63, 3.8) is 0 Å². The zero-order chi connectivity index (χ0) is 21.3. The van der Waals surface area contributed by atoms with E-state index in [9.17, 15) is 9.59 Å². The number of hydrogen-bond donors (Lipinski definition) is 0. The van der Waals surface area contributed by atoms with Crippen LogP contribution in [0.25, 0.3) is 6.08 Å². The normalized spacial score (nSPS) is 11.7. The van der Waals surface area contributed by atoms with Crippen LogP contribution < -0.4 is 0 Å². The Labute approximate surface area is 172 Å². The molecule has 0 N–H and O–H groups in total. The number of carbonyl (C=O) groups excluding carboxylic acids is 2. The summed E-state index contributed by atoms with van der Waals surface area (Å²) >= 11 is 0. The van der Waals surface area contributed by atoms with Gasteiger partial charge in [0, 0.05) is 24.5 Å². The number of nitrogens with zero attached hydrogens (tertiary/aromatic N) is 1. The molecule has 1 aromatic heterocycles. The Morgan fingerprint density at radius 3 is 2.45 bits per heavy atom. The van der Waals surface area contributed by atoms with Gasteiger partial charge in [-0.1, -0.05) is 30.3 Å². The highest BCUT2D eigenvalue weighted by atomic mass is 16.6. The van der Waals surface area contributed by atoms with E-state index >= 15 is 0 Å². The third-order valence-corrected chi connectivity index (χ3v) is 3.83. The maximum Gasteiger partial charge on any atom is 0.331 e. The lowest BCUT2D eigenvalue weighted by atomic mass is 9.98. The average Bonchev–Trinajstić information content (AvgIpc) is 2.65. The Hall–Kier alpha value is -3.21. The van der Waals surface area contributed by atoms with E-state index in [4.69, 9.17) is 4.74 Å². The Balaban J connectivity index is 2.24. The van der Waals surface area contributed by atoms with Crippen molar-refractivity contribution >= 4 is 18.0 Å². The number of ether oxygens (including phenoxy) is 2. The highest BCUT2D eigenvalue weighted by molar-refractivity contribution is 5.87. The Morgan fingerprint density at radius 1 is 1.03 bits per heavy atom. The maximum absolute atomic E-state index is 12.0. The second kappa shape index (κ2) is 10.4. The van der Waals surface area contributed by atoms with E-state index in [0.717, 1.165) is 28.7 Å². The van der Waals surface area contributed by atoms with Crippen LogP contribution in [0, 0.1) is 0 Å². The number of benzene rings is 1. The van der Waals surface area contributed by atoms with Gasteiger partial charge in [-0.25, -0.2) is 9.59 Å². The fourth-order valence-corrected chi connectivity index (χ4v) is 2.71. The third-order valence-electron chi connectivity index (χ3n) is 3.83. The Morgan fingerprint density at radius 2 is 1.79 bits per heavy atom. The summed E-state index contributed by atoms with van der Waals surface area (Å²) < 4.78 is 9.95. The molecule has 5 nitrogen and oxygen atoms in total. The summed E-state index contributed by atoms with van der Waals surface area (Å²) in [4.78, 5) is 27.4. The van der Waals surface area contributed by atoms with Crippen LogP contribution in [0.4, 0.5) is 0 Å². The van der Waals surface area contributed by atoms with E-state index in [0.29, 0.717) is 6.42 Å². The van der Waals surface area contributed by atoms with E-state index in [1.54, 1.807) is 18.3 Å². The number of pyridine rings is 1. The number of esters is 2. The molecular weight excluding hydrogens is 366 g/mol. The van der Waals surface area contributed by atoms with Crippen LogP contribution in [0.15, 0.2) is 61.0 Å². The van der Waals surface area contributed by atoms with Crippen molar-refractivity contribution < 1.29 is 19.1 Å². The smallest absolute Gasteiger partial charge is 0.331 e. The summed E-state index contributed by atoms with van der Waals surface area (Å²) in [6.07, 6.45) is 11.2. The fraction of sp³-hybridized carbons (Fsp3) is 0.292. The standard InChI is InChI=1S/C24H27NO4/c1-24(2,3)29-23(27)11-10-19-13-18(7-5-9-22(26)28-4)14-21(15-19)16-20-8-6-12-25-17-20/h5-6,8-15,17H,7,16H2,1-4H3/b9-5?,11-10+. The Bertz CT molecular complexity index is 893. The van der Waals surface area contributed by atoms with Crippen molar-refractivity contribution in [2.45, 2.75) is 39.2 Å². The molecule has 0 aliphatic carbocycles. The molecule has 0 unspecified atom stereocenters. The number of allylic oxidation sites excluding steroid dienone is 1. The monoisotopic (exact) mass is 393 g/mol. The first kappa shape index (κ1) is 22.1. The van der Waals surface area contributed by atoms with Crippen LogP contribution >= 0.6 is 0 Å². The van der Waals surface area contributed by atoms with E-state index in [-0.39, 0.29) is 11.9 Å². The van der Waals surface area contributed by atoms with E-state index < -0.39 is 5.60 Å². The van der Waals surface area contributed by atoms with Crippen LogP contribution in [-0.4, -0.2) is 29.6 Å². The van der Waals surface area contributed by atoms with Gasteiger partial charge in [-0.15, -0.1) is 0 Å². The predicted octanol–water partition coefficient (Wildman–Crippen LogP) is 4.30. The van der Waals surface area contributed by atoms with Crippen LogP contribution in [0.5, 0.6) is 0 Å². The molecule has 0 bridgehead atoms. The van der Waals surface area contributed by atoms with Gasteiger partial charge in [-0.2, -0.15) is 0 Å².